The second-order valence-electron chi connectivity index (χ2n) is 16.1. The van der Waals surface area contributed by atoms with E-state index < -0.39 is 51.3 Å². The number of para-hydroxylation sites is 1. The SMILES string of the molecule is CCC(O)(CC)C(=O)N[C@H]1Cc2ccc3c(c2)[C@]24c5cccc(c5NC2O3)-c2cccc3c2c(cn3COS(C)(=O)=O)-c2cnc(o2)-c2nc(oc24)[C@H](C(C)C)NC1=O. The Hall–Kier alpha value is -5.97. The fourth-order valence-electron chi connectivity index (χ4n) is 9.14. The van der Waals surface area contributed by atoms with Crippen molar-refractivity contribution in [2.75, 3.05) is 11.6 Å². The zero-order valence-corrected chi connectivity index (χ0v) is 33.8. The predicted octanol–water partition coefficient (Wildman–Crippen LogP) is 5.75. The van der Waals surface area contributed by atoms with Crippen LogP contribution >= 0.6 is 0 Å². The van der Waals surface area contributed by atoms with Gasteiger partial charge in [0, 0.05) is 45.9 Å². The number of anilines is 1. The summed E-state index contributed by atoms with van der Waals surface area (Å²) in [6.45, 7) is 7.08. The van der Waals surface area contributed by atoms with Crippen LogP contribution in [0.15, 0.2) is 75.8 Å². The fourth-order valence-corrected chi connectivity index (χ4v) is 9.45. The number of nitrogens with zero attached hydrogens (tertiary/aromatic N) is 3. The van der Waals surface area contributed by atoms with Crippen molar-refractivity contribution in [3.63, 3.8) is 0 Å². The molecule has 1 spiro atoms. The van der Waals surface area contributed by atoms with Crippen molar-refractivity contribution in [2.45, 2.75) is 83.0 Å². The van der Waals surface area contributed by atoms with E-state index in [-0.39, 0.29) is 43.7 Å². The molecule has 0 saturated heterocycles. The first kappa shape index (κ1) is 37.3. The van der Waals surface area contributed by atoms with Gasteiger partial charge in [-0.2, -0.15) is 8.42 Å². The lowest BCUT2D eigenvalue weighted by atomic mass is 9.72. The van der Waals surface area contributed by atoms with E-state index in [1.165, 1.54) is 0 Å². The highest BCUT2D eigenvalue weighted by molar-refractivity contribution is 7.85. The van der Waals surface area contributed by atoms with E-state index in [1.54, 1.807) is 30.8 Å². The highest BCUT2D eigenvalue weighted by atomic mass is 32.2. The fraction of sp³-hybridized carbons (Fsp3) is 0.349. The van der Waals surface area contributed by atoms with Crippen molar-refractivity contribution >= 4 is 38.5 Å². The molecule has 4 aliphatic heterocycles. The van der Waals surface area contributed by atoms with Crippen LogP contribution in [0.1, 0.15) is 74.9 Å². The maximum atomic E-state index is 14.3. The van der Waals surface area contributed by atoms with Crippen LogP contribution in [0.2, 0.25) is 0 Å². The van der Waals surface area contributed by atoms with Crippen molar-refractivity contribution in [2.24, 2.45) is 5.92 Å². The van der Waals surface area contributed by atoms with Crippen molar-refractivity contribution in [1.82, 2.24) is 25.2 Å². The van der Waals surface area contributed by atoms with Gasteiger partial charge in [-0.15, -0.1) is 0 Å². The number of carbonyl (C=O) groups is 2. The van der Waals surface area contributed by atoms with E-state index in [2.05, 4.69) is 16.0 Å². The molecule has 16 heteroatoms. The molecule has 7 heterocycles. The largest absolute Gasteiger partial charge is 0.469 e. The van der Waals surface area contributed by atoms with Gasteiger partial charge >= 0.3 is 0 Å². The van der Waals surface area contributed by atoms with Crippen LogP contribution in [-0.2, 0) is 42.5 Å². The van der Waals surface area contributed by atoms with Crippen LogP contribution in [0.25, 0.3) is 44.9 Å². The Morgan fingerprint density at radius 2 is 1.85 bits per heavy atom. The second-order valence-corrected chi connectivity index (χ2v) is 17.8. The summed E-state index contributed by atoms with van der Waals surface area (Å²) in [4.78, 5) is 37.8. The lowest BCUT2D eigenvalue weighted by Crippen LogP contribution is -2.55. The summed E-state index contributed by atoms with van der Waals surface area (Å²) in [5.41, 5.74) is 3.69. The Morgan fingerprint density at radius 3 is 2.61 bits per heavy atom. The van der Waals surface area contributed by atoms with Gasteiger partial charge < -0.3 is 39.2 Å². The molecule has 0 saturated carbocycles. The number of hydrogen-bond acceptors (Lipinski definition) is 12. The van der Waals surface area contributed by atoms with E-state index >= 15 is 0 Å². The van der Waals surface area contributed by atoms with E-state index in [1.807, 2.05) is 68.4 Å². The maximum Gasteiger partial charge on any atom is 0.266 e. The maximum absolute atomic E-state index is 14.3. The average molecular weight is 819 g/mol. The summed E-state index contributed by atoms with van der Waals surface area (Å²) in [7, 11) is -3.77. The molecule has 59 heavy (non-hydrogen) atoms. The number of hydrogen-bond donors (Lipinski definition) is 4. The summed E-state index contributed by atoms with van der Waals surface area (Å²) < 4.78 is 51.7. The Kier molecular flexibility index (Phi) is 8.23. The Labute approximate surface area is 339 Å². The summed E-state index contributed by atoms with van der Waals surface area (Å²) >= 11 is 0. The molecule has 4 N–H and O–H groups in total. The van der Waals surface area contributed by atoms with Gasteiger partial charge in [0.2, 0.25) is 17.7 Å². The standard InChI is InChI=1S/C43H42N6O9S/c1-6-42(52,7-2)40(51)45-28-17-22-14-15-30-27(16-22)43-26-12-8-11-24(34(26)48-41(43)57-30)23-10-9-13-29-32(23)25(19-49(29)20-55-59(5,53)54)31-18-44-38(56-31)35-36(43)58-39(47-35)33(21(3)4)46-37(28)50/h8-16,18-19,21,28,33,41,48,52H,6-7,17,20H2,1-5H3,(H,45,51)(H,46,50)/t28-,33-,41?,43-/m0/s1. The zero-order valence-electron chi connectivity index (χ0n) is 33.0. The molecule has 10 bridgehead atoms. The van der Waals surface area contributed by atoms with E-state index in [0.717, 1.165) is 45.1 Å². The lowest BCUT2D eigenvalue weighted by molar-refractivity contribution is -0.143. The molecule has 0 aliphatic carbocycles. The summed E-state index contributed by atoms with van der Waals surface area (Å²) in [6.07, 6.45) is 4.14. The number of aliphatic hydroxyl groups is 1. The minimum atomic E-state index is -3.77. The molecule has 0 radical (unpaired) electrons. The first-order chi connectivity index (χ1) is 28.2. The van der Waals surface area contributed by atoms with Crippen molar-refractivity contribution in [3.05, 3.63) is 95.3 Å². The predicted molar refractivity (Wildman–Crippen MR) is 216 cm³/mol. The van der Waals surface area contributed by atoms with Gasteiger partial charge in [-0.3, -0.25) is 9.59 Å². The van der Waals surface area contributed by atoms with Gasteiger partial charge in [0.05, 0.1) is 18.0 Å². The number of amides is 2. The molecule has 3 aromatic heterocycles. The van der Waals surface area contributed by atoms with Gasteiger partial charge in [0.25, 0.3) is 16.0 Å². The Balaban J connectivity index is 1.25. The first-order valence-corrected chi connectivity index (χ1v) is 21.5. The minimum absolute atomic E-state index is 0.118. The molecule has 0 fully saturated rings. The highest BCUT2D eigenvalue weighted by Crippen LogP contribution is 2.61. The Morgan fingerprint density at radius 1 is 1.07 bits per heavy atom. The van der Waals surface area contributed by atoms with Crippen molar-refractivity contribution in [1.29, 1.82) is 0 Å². The number of ether oxygens (including phenoxy) is 1. The second kappa shape index (κ2) is 13.0. The van der Waals surface area contributed by atoms with Crippen molar-refractivity contribution < 1.29 is 40.9 Å². The smallest absolute Gasteiger partial charge is 0.266 e. The van der Waals surface area contributed by atoms with Crippen LogP contribution < -0.4 is 20.7 Å². The van der Waals surface area contributed by atoms with Crippen molar-refractivity contribution in [3.8, 4) is 39.8 Å². The number of oxazole rings is 2. The highest BCUT2D eigenvalue weighted by Gasteiger charge is 2.61. The van der Waals surface area contributed by atoms with Crippen LogP contribution in [0.3, 0.4) is 0 Å². The molecular formula is C43H42N6O9S. The van der Waals surface area contributed by atoms with Gasteiger partial charge in [-0.1, -0.05) is 70.2 Å². The molecule has 3 aromatic carbocycles. The average Bonchev–Trinajstić information content (AvgIpc) is 4.04. The number of carbonyl (C=O) groups excluding carboxylic acids is 2. The number of fused-ring (bicyclic) bond motifs is 7. The Bertz CT molecular complexity index is 2850. The monoisotopic (exact) mass is 818 g/mol. The lowest BCUT2D eigenvalue weighted by Gasteiger charge is -2.30. The molecule has 2 amide bonds. The molecule has 6 aromatic rings. The molecule has 4 atom stereocenters. The summed E-state index contributed by atoms with van der Waals surface area (Å²) in [5, 5.41) is 21.7. The van der Waals surface area contributed by atoms with Crippen LogP contribution in [0, 0.1) is 5.92 Å². The molecule has 10 rings (SSSR count). The normalized spacial score (nSPS) is 21.3. The molecule has 15 nitrogen and oxygen atoms in total. The summed E-state index contributed by atoms with van der Waals surface area (Å²) in [6, 6.07) is 15.8. The van der Waals surface area contributed by atoms with E-state index in [9.17, 15) is 23.1 Å². The number of nitrogens with one attached hydrogen (secondary N) is 3. The van der Waals surface area contributed by atoms with Crippen LogP contribution in [0.5, 0.6) is 5.75 Å². The third kappa shape index (κ3) is 5.49. The quantitative estimate of drug-likeness (QED) is 0.136. The van der Waals surface area contributed by atoms with Crippen LogP contribution in [-0.4, -0.2) is 64.0 Å². The number of rotatable bonds is 8. The summed E-state index contributed by atoms with van der Waals surface area (Å²) in [5.74, 6) is 0.433. The van der Waals surface area contributed by atoms with Gasteiger partial charge in [-0.25, -0.2) is 14.2 Å². The van der Waals surface area contributed by atoms with Crippen LogP contribution in [0.4, 0.5) is 5.69 Å². The van der Waals surface area contributed by atoms with Gasteiger partial charge in [0.15, 0.2) is 23.4 Å². The third-order valence-electron chi connectivity index (χ3n) is 12.3. The third-order valence-corrected chi connectivity index (χ3v) is 12.9. The molecule has 1 unspecified atom stereocenters. The molecular weight excluding hydrogens is 777 g/mol. The van der Waals surface area contributed by atoms with Gasteiger partial charge in [0.1, 0.15) is 35.6 Å². The molecule has 4 aliphatic rings. The number of benzene rings is 3. The zero-order chi connectivity index (χ0) is 41.2. The first-order valence-electron chi connectivity index (χ1n) is 19.7. The number of aromatic nitrogens is 3. The van der Waals surface area contributed by atoms with E-state index in [0.29, 0.717) is 34.0 Å². The minimum Gasteiger partial charge on any atom is -0.469 e. The van der Waals surface area contributed by atoms with E-state index in [4.69, 9.17) is 27.7 Å². The van der Waals surface area contributed by atoms with Gasteiger partial charge in [-0.05, 0) is 42.0 Å². The molecule has 304 valence electrons. The topological polar surface area (TPSA) is 200 Å².